The number of amides is 2. The third-order valence-electron chi connectivity index (χ3n) is 5.32. The molecule has 1 fully saturated rings. The van der Waals surface area contributed by atoms with Gasteiger partial charge in [-0.05, 0) is 26.2 Å². The first-order valence-corrected chi connectivity index (χ1v) is 11.4. The molecule has 37 heavy (non-hydrogen) atoms. The molecular weight excluding hydrogens is 501 g/mol. The first-order valence-electron chi connectivity index (χ1n) is 11.4. The van der Waals surface area contributed by atoms with E-state index in [1.807, 2.05) is 23.9 Å². The van der Waals surface area contributed by atoms with E-state index in [0.29, 0.717) is 62.0 Å². The number of ether oxygens (including phenoxy) is 3. The minimum atomic E-state index is -5.08. The molecule has 0 atom stereocenters. The van der Waals surface area contributed by atoms with Crippen molar-refractivity contribution in [3.8, 4) is 17.2 Å². The molecule has 0 spiro atoms. The van der Waals surface area contributed by atoms with E-state index < -0.39 is 12.1 Å². The van der Waals surface area contributed by atoms with E-state index in [2.05, 4.69) is 5.32 Å². The van der Waals surface area contributed by atoms with Crippen LogP contribution in [0.25, 0.3) is 0 Å². The van der Waals surface area contributed by atoms with E-state index in [1.165, 1.54) is 21.3 Å². The van der Waals surface area contributed by atoms with E-state index in [1.54, 1.807) is 17.0 Å². The van der Waals surface area contributed by atoms with E-state index in [-0.39, 0.29) is 11.8 Å². The molecule has 14 heteroatoms. The van der Waals surface area contributed by atoms with Gasteiger partial charge in [0.25, 0.3) is 5.91 Å². The maximum atomic E-state index is 13.3. The molecule has 1 aromatic rings. The van der Waals surface area contributed by atoms with Gasteiger partial charge in [0.15, 0.2) is 11.5 Å². The molecule has 1 heterocycles. The SMILES string of the molecule is COc1cc(C(=O)N(CCC(=O)N2CCNCC2)CCN(C)C)cc(OC)c1OC.O=C(O)C(F)(F)F. The molecule has 0 unspecified atom stereocenters. The molecule has 0 aliphatic carbocycles. The Labute approximate surface area is 214 Å². The van der Waals surface area contributed by atoms with E-state index in [4.69, 9.17) is 24.1 Å². The van der Waals surface area contributed by atoms with Gasteiger partial charge in [-0.3, -0.25) is 9.59 Å². The highest BCUT2D eigenvalue weighted by molar-refractivity contribution is 5.96. The Morgan fingerprint density at radius 3 is 1.89 bits per heavy atom. The number of carbonyl (C=O) groups is 3. The second kappa shape index (κ2) is 15.1. The number of nitrogens with zero attached hydrogens (tertiary/aromatic N) is 3. The van der Waals surface area contributed by atoms with Gasteiger partial charge < -0.3 is 39.3 Å². The van der Waals surface area contributed by atoms with Gasteiger partial charge in [-0.2, -0.15) is 13.2 Å². The first kappa shape index (κ1) is 31.8. The molecular formula is C23H35F3N4O7. The lowest BCUT2D eigenvalue weighted by molar-refractivity contribution is -0.192. The summed E-state index contributed by atoms with van der Waals surface area (Å²) in [5, 5.41) is 10.4. The van der Waals surface area contributed by atoms with Crippen LogP contribution in [0.4, 0.5) is 13.2 Å². The number of benzene rings is 1. The van der Waals surface area contributed by atoms with Crippen LogP contribution >= 0.6 is 0 Å². The molecule has 2 rings (SSSR count). The zero-order valence-electron chi connectivity index (χ0n) is 21.7. The monoisotopic (exact) mass is 536 g/mol. The van der Waals surface area contributed by atoms with Crippen LogP contribution in [-0.4, -0.2) is 125 Å². The van der Waals surface area contributed by atoms with Crippen molar-refractivity contribution in [1.82, 2.24) is 20.0 Å². The van der Waals surface area contributed by atoms with Crippen molar-refractivity contribution in [2.45, 2.75) is 12.6 Å². The largest absolute Gasteiger partial charge is 0.493 e. The summed E-state index contributed by atoms with van der Waals surface area (Å²) < 4.78 is 47.8. The summed E-state index contributed by atoms with van der Waals surface area (Å²) in [7, 11) is 8.46. The zero-order chi connectivity index (χ0) is 28.2. The van der Waals surface area contributed by atoms with Gasteiger partial charge in [0.1, 0.15) is 0 Å². The Hall–Kier alpha value is -3.26. The number of likely N-dealkylation sites (N-methyl/N-ethyl adjacent to an activating group) is 1. The Morgan fingerprint density at radius 1 is 0.973 bits per heavy atom. The molecule has 1 aliphatic heterocycles. The second-order valence-electron chi connectivity index (χ2n) is 8.19. The van der Waals surface area contributed by atoms with Crippen molar-refractivity contribution in [2.24, 2.45) is 0 Å². The fourth-order valence-electron chi connectivity index (χ4n) is 3.33. The molecule has 2 N–H and O–H groups in total. The second-order valence-corrected chi connectivity index (χ2v) is 8.19. The maximum Gasteiger partial charge on any atom is 0.490 e. The van der Waals surface area contributed by atoms with E-state index >= 15 is 0 Å². The summed E-state index contributed by atoms with van der Waals surface area (Å²) in [6.07, 6.45) is -4.79. The Bertz CT molecular complexity index is 882. The summed E-state index contributed by atoms with van der Waals surface area (Å²) >= 11 is 0. The van der Waals surface area contributed by atoms with Gasteiger partial charge in [0.2, 0.25) is 11.7 Å². The van der Waals surface area contributed by atoms with E-state index in [0.717, 1.165) is 13.1 Å². The Balaban J connectivity index is 0.000000856. The van der Waals surface area contributed by atoms with Crippen molar-refractivity contribution in [1.29, 1.82) is 0 Å². The Kier molecular flexibility index (Phi) is 13.0. The number of rotatable bonds is 10. The summed E-state index contributed by atoms with van der Waals surface area (Å²) in [5.74, 6) is -1.58. The van der Waals surface area contributed by atoms with Crippen molar-refractivity contribution < 1.29 is 46.9 Å². The smallest absolute Gasteiger partial charge is 0.490 e. The number of hydrogen-bond acceptors (Lipinski definition) is 8. The molecule has 210 valence electrons. The number of methoxy groups -OCH3 is 3. The van der Waals surface area contributed by atoms with Gasteiger partial charge >= 0.3 is 12.1 Å². The predicted molar refractivity (Wildman–Crippen MR) is 128 cm³/mol. The van der Waals surface area contributed by atoms with Crippen LogP contribution in [0, 0.1) is 0 Å². The molecule has 11 nitrogen and oxygen atoms in total. The lowest BCUT2D eigenvalue weighted by atomic mass is 10.1. The molecule has 1 aromatic carbocycles. The van der Waals surface area contributed by atoms with Crippen LogP contribution in [0.3, 0.4) is 0 Å². The number of nitrogens with one attached hydrogen (secondary N) is 1. The van der Waals surface area contributed by atoms with Crippen LogP contribution < -0.4 is 19.5 Å². The van der Waals surface area contributed by atoms with Crippen LogP contribution in [0.5, 0.6) is 17.2 Å². The number of halogens is 3. The zero-order valence-corrected chi connectivity index (χ0v) is 21.7. The number of carboxylic acids is 1. The number of piperazine rings is 1. The van der Waals surface area contributed by atoms with Crippen LogP contribution in [0.2, 0.25) is 0 Å². The van der Waals surface area contributed by atoms with Gasteiger partial charge in [0, 0.05) is 57.8 Å². The minimum absolute atomic E-state index is 0.0732. The number of hydrogen-bond donors (Lipinski definition) is 2. The normalized spacial score (nSPS) is 13.4. The maximum absolute atomic E-state index is 13.3. The Morgan fingerprint density at radius 2 is 1.49 bits per heavy atom. The minimum Gasteiger partial charge on any atom is -0.493 e. The molecule has 0 saturated carbocycles. The van der Waals surface area contributed by atoms with Crippen LogP contribution in [0.15, 0.2) is 12.1 Å². The molecule has 0 aromatic heterocycles. The summed E-state index contributed by atoms with van der Waals surface area (Å²) in [4.78, 5) is 40.3. The summed E-state index contributed by atoms with van der Waals surface area (Å²) in [6, 6.07) is 3.29. The molecule has 1 saturated heterocycles. The average molecular weight is 537 g/mol. The number of carboxylic acid groups (broad SMARTS) is 1. The third kappa shape index (κ3) is 10.3. The van der Waals surface area contributed by atoms with Gasteiger partial charge in [-0.1, -0.05) is 0 Å². The number of carbonyl (C=O) groups excluding carboxylic acids is 2. The quantitative estimate of drug-likeness (QED) is 0.454. The van der Waals surface area contributed by atoms with Crippen molar-refractivity contribution >= 4 is 17.8 Å². The molecule has 2 amide bonds. The van der Waals surface area contributed by atoms with Crippen molar-refractivity contribution in [3.05, 3.63) is 17.7 Å². The molecule has 1 aliphatic rings. The standard InChI is InChI=1S/C21H34N4O5.C2HF3O2/c1-23(2)12-13-25(9-6-19(26)24-10-7-22-8-11-24)21(27)16-14-17(28-3)20(30-5)18(15-16)29-4;3-2(4,5)1(6)7/h14-15,22H,6-13H2,1-5H3;(H,6,7). The molecule has 0 bridgehead atoms. The lowest BCUT2D eigenvalue weighted by Crippen LogP contribution is -2.47. The third-order valence-corrected chi connectivity index (χ3v) is 5.32. The lowest BCUT2D eigenvalue weighted by Gasteiger charge is -2.29. The number of aliphatic carboxylic acids is 1. The van der Waals surface area contributed by atoms with Gasteiger partial charge in [-0.15, -0.1) is 0 Å². The predicted octanol–water partition coefficient (Wildman–Crippen LogP) is 1.17. The first-order chi connectivity index (χ1) is 17.3. The van der Waals surface area contributed by atoms with Crippen molar-refractivity contribution in [2.75, 3.05) is 81.2 Å². The highest BCUT2D eigenvalue weighted by Gasteiger charge is 2.38. The van der Waals surface area contributed by atoms with E-state index in [9.17, 15) is 22.8 Å². The van der Waals surface area contributed by atoms with Gasteiger partial charge in [-0.25, -0.2) is 4.79 Å². The topological polar surface area (TPSA) is 121 Å². The van der Waals surface area contributed by atoms with Crippen molar-refractivity contribution in [3.63, 3.8) is 0 Å². The summed E-state index contributed by atoms with van der Waals surface area (Å²) in [6.45, 7) is 4.58. The van der Waals surface area contributed by atoms with Crippen LogP contribution in [0.1, 0.15) is 16.8 Å². The number of alkyl halides is 3. The fourth-order valence-corrected chi connectivity index (χ4v) is 3.33. The highest BCUT2D eigenvalue weighted by atomic mass is 19.4. The van der Waals surface area contributed by atoms with Gasteiger partial charge in [0.05, 0.1) is 21.3 Å². The average Bonchev–Trinajstić information content (AvgIpc) is 2.87. The highest BCUT2D eigenvalue weighted by Crippen LogP contribution is 2.38. The summed E-state index contributed by atoms with van der Waals surface area (Å²) in [5.41, 5.74) is 0.429. The van der Waals surface area contributed by atoms with Crippen LogP contribution in [-0.2, 0) is 9.59 Å². The fraction of sp³-hybridized carbons (Fsp3) is 0.609. The molecule has 0 radical (unpaired) electrons.